The van der Waals surface area contributed by atoms with Crippen molar-refractivity contribution in [1.82, 2.24) is 9.88 Å². The summed E-state index contributed by atoms with van der Waals surface area (Å²) in [6.45, 7) is 4.73. The Morgan fingerprint density at radius 2 is 1.43 bits per heavy atom. The first kappa shape index (κ1) is 18.4. The van der Waals surface area contributed by atoms with Crippen molar-refractivity contribution in [2.24, 2.45) is 0 Å². The Morgan fingerprint density at radius 3 is 2.14 bits per heavy atom. The predicted octanol–water partition coefficient (Wildman–Crippen LogP) is 5.12. The fourth-order valence-corrected chi connectivity index (χ4v) is 3.87. The van der Waals surface area contributed by atoms with Crippen LogP contribution in [-0.2, 0) is 19.6 Å². The van der Waals surface area contributed by atoms with Crippen molar-refractivity contribution in [3.63, 3.8) is 0 Å². The van der Waals surface area contributed by atoms with Crippen LogP contribution in [0, 0.1) is 0 Å². The predicted molar refractivity (Wildman–Crippen MR) is 115 cm³/mol. The number of aromatic nitrogens is 1. The third kappa shape index (κ3) is 3.43. The van der Waals surface area contributed by atoms with Gasteiger partial charge in [0.2, 0.25) is 0 Å². The molecule has 0 spiro atoms. The number of fused-ring (bicyclic) bond motifs is 3. The standard InChI is InChI=1S/C24H26N2O2/c1-4-26-23-8-6-5-7-21(23)22-13-17(9-10-24(22)26)15-25-16-18-11-19(27-2)14-20(12-18)28-3/h5-14,25H,4,15-16H2,1-3H3. The zero-order chi connectivity index (χ0) is 19.5. The summed E-state index contributed by atoms with van der Waals surface area (Å²) in [5.74, 6) is 1.62. The van der Waals surface area contributed by atoms with E-state index in [0.29, 0.717) is 0 Å². The average molecular weight is 374 g/mol. The molecule has 0 fully saturated rings. The van der Waals surface area contributed by atoms with Crippen LogP contribution in [0.3, 0.4) is 0 Å². The Morgan fingerprint density at radius 1 is 0.750 bits per heavy atom. The fraction of sp³-hybridized carbons (Fsp3) is 0.250. The molecule has 0 aliphatic rings. The van der Waals surface area contributed by atoms with Crippen LogP contribution in [0.4, 0.5) is 0 Å². The molecule has 4 aromatic rings. The molecule has 0 unspecified atom stereocenters. The van der Waals surface area contributed by atoms with Gasteiger partial charge in [-0.2, -0.15) is 0 Å². The molecule has 0 atom stereocenters. The van der Waals surface area contributed by atoms with E-state index in [0.717, 1.165) is 36.7 Å². The minimum atomic E-state index is 0.752. The third-order valence-corrected chi connectivity index (χ3v) is 5.22. The molecule has 28 heavy (non-hydrogen) atoms. The molecule has 0 saturated heterocycles. The van der Waals surface area contributed by atoms with E-state index in [1.54, 1.807) is 14.2 Å². The minimum absolute atomic E-state index is 0.752. The first-order chi connectivity index (χ1) is 13.7. The molecule has 0 radical (unpaired) electrons. The number of ether oxygens (including phenoxy) is 2. The zero-order valence-corrected chi connectivity index (χ0v) is 16.7. The second-order valence-electron chi connectivity index (χ2n) is 6.94. The van der Waals surface area contributed by atoms with E-state index >= 15 is 0 Å². The van der Waals surface area contributed by atoms with E-state index in [-0.39, 0.29) is 0 Å². The average Bonchev–Trinajstić information content (AvgIpc) is 3.06. The molecule has 144 valence electrons. The molecule has 0 saturated carbocycles. The monoisotopic (exact) mass is 374 g/mol. The van der Waals surface area contributed by atoms with Crippen molar-refractivity contribution in [2.75, 3.05) is 14.2 Å². The fourth-order valence-electron chi connectivity index (χ4n) is 3.87. The van der Waals surface area contributed by atoms with Gasteiger partial charge in [-0.3, -0.25) is 0 Å². The van der Waals surface area contributed by atoms with E-state index in [4.69, 9.17) is 9.47 Å². The highest BCUT2D eigenvalue weighted by atomic mass is 16.5. The lowest BCUT2D eigenvalue weighted by Crippen LogP contribution is -2.12. The number of hydrogen-bond acceptors (Lipinski definition) is 3. The third-order valence-electron chi connectivity index (χ3n) is 5.22. The van der Waals surface area contributed by atoms with E-state index in [9.17, 15) is 0 Å². The van der Waals surface area contributed by atoms with E-state index in [1.165, 1.54) is 27.4 Å². The molecule has 1 heterocycles. The second kappa shape index (κ2) is 7.95. The smallest absolute Gasteiger partial charge is 0.122 e. The lowest BCUT2D eigenvalue weighted by molar-refractivity contribution is 0.393. The SMILES string of the molecule is CCn1c2ccccc2c2cc(CNCc3cc(OC)cc(OC)c3)ccc21. The van der Waals surface area contributed by atoms with Gasteiger partial charge in [-0.25, -0.2) is 0 Å². The van der Waals surface area contributed by atoms with Gasteiger partial charge in [-0.1, -0.05) is 24.3 Å². The number of nitrogens with zero attached hydrogens (tertiary/aromatic N) is 1. The summed E-state index contributed by atoms with van der Waals surface area (Å²) in [5.41, 5.74) is 5.01. The van der Waals surface area contributed by atoms with Crippen molar-refractivity contribution in [2.45, 2.75) is 26.6 Å². The van der Waals surface area contributed by atoms with Crippen LogP contribution in [-0.4, -0.2) is 18.8 Å². The highest BCUT2D eigenvalue weighted by molar-refractivity contribution is 6.08. The van der Waals surface area contributed by atoms with Crippen molar-refractivity contribution < 1.29 is 9.47 Å². The van der Waals surface area contributed by atoms with Gasteiger partial charge in [0.15, 0.2) is 0 Å². The van der Waals surface area contributed by atoms with Crippen LogP contribution in [0.25, 0.3) is 21.8 Å². The summed E-state index contributed by atoms with van der Waals surface area (Å²) in [5, 5.41) is 6.17. The number of aryl methyl sites for hydroxylation is 1. The summed E-state index contributed by atoms with van der Waals surface area (Å²) < 4.78 is 13.1. The first-order valence-corrected chi connectivity index (χ1v) is 9.66. The van der Waals surface area contributed by atoms with Crippen molar-refractivity contribution >= 4 is 21.8 Å². The minimum Gasteiger partial charge on any atom is -0.497 e. The van der Waals surface area contributed by atoms with Crippen LogP contribution in [0.15, 0.2) is 60.7 Å². The van der Waals surface area contributed by atoms with E-state index in [1.807, 2.05) is 18.2 Å². The Kier molecular flexibility index (Phi) is 5.22. The summed E-state index contributed by atoms with van der Waals surface area (Å²) in [6, 6.07) is 21.4. The van der Waals surface area contributed by atoms with Gasteiger partial charge in [0.25, 0.3) is 0 Å². The molecule has 4 rings (SSSR count). The Balaban J connectivity index is 1.55. The van der Waals surface area contributed by atoms with Gasteiger partial charge in [0, 0.05) is 47.5 Å². The molecule has 0 aliphatic carbocycles. The normalized spacial score (nSPS) is 11.2. The highest BCUT2D eigenvalue weighted by Gasteiger charge is 2.09. The summed E-state index contributed by atoms with van der Waals surface area (Å²) in [4.78, 5) is 0. The molecule has 0 aliphatic heterocycles. The maximum absolute atomic E-state index is 5.35. The summed E-state index contributed by atoms with van der Waals surface area (Å²) >= 11 is 0. The van der Waals surface area contributed by atoms with Gasteiger partial charge in [0.1, 0.15) is 11.5 Å². The van der Waals surface area contributed by atoms with Crippen molar-refractivity contribution in [3.8, 4) is 11.5 Å². The molecule has 3 aromatic carbocycles. The number of benzene rings is 3. The zero-order valence-electron chi connectivity index (χ0n) is 16.7. The lowest BCUT2D eigenvalue weighted by atomic mass is 10.1. The topological polar surface area (TPSA) is 35.4 Å². The highest BCUT2D eigenvalue weighted by Crippen LogP contribution is 2.29. The molecule has 0 amide bonds. The number of rotatable bonds is 7. The maximum Gasteiger partial charge on any atom is 0.122 e. The van der Waals surface area contributed by atoms with E-state index < -0.39 is 0 Å². The molecule has 1 N–H and O–H groups in total. The van der Waals surface area contributed by atoms with Gasteiger partial charge in [0.05, 0.1) is 14.2 Å². The second-order valence-corrected chi connectivity index (χ2v) is 6.94. The number of nitrogens with one attached hydrogen (secondary N) is 1. The number of methoxy groups -OCH3 is 2. The summed E-state index contributed by atoms with van der Waals surface area (Å²) in [7, 11) is 3.35. The van der Waals surface area contributed by atoms with Crippen LogP contribution in [0.5, 0.6) is 11.5 Å². The Bertz CT molecular complexity index is 1090. The molecule has 4 nitrogen and oxygen atoms in total. The number of hydrogen-bond donors (Lipinski definition) is 1. The lowest BCUT2D eigenvalue weighted by Gasteiger charge is -2.10. The number of para-hydroxylation sites is 1. The van der Waals surface area contributed by atoms with E-state index in [2.05, 4.69) is 59.3 Å². The van der Waals surface area contributed by atoms with Gasteiger partial charge < -0.3 is 19.4 Å². The van der Waals surface area contributed by atoms with Crippen LogP contribution < -0.4 is 14.8 Å². The Labute approximate surface area is 165 Å². The molecule has 0 bridgehead atoms. The first-order valence-electron chi connectivity index (χ1n) is 9.66. The molecule has 1 aromatic heterocycles. The van der Waals surface area contributed by atoms with Crippen LogP contribution in [0.1, 0.15) is 18.1 Å². The summed E-state index contributed by atoms with van der Waals surface area (Å²) in [6.07, 6.45) is 0. The molecular formula is C24H26N2O2. The molecular weight excluding hydrogens is 348 g/mol. The van der Waals surface area contributed by atoms with Gasteiger partial charge in [-0.15, -0.1) is 0 Å². The quantitative estimate of drug-likeness (QED) is 0.488. The maximum atomic E-state index is 5.35. The largest absolute Gasteiger partial charge is 0.497 e. The van der Waals surface area contributed by atoms with Gasteiger partial charge in [-0.05, 0) is 48.4 Å². The van der Waals surface area contributed by atoms with Crippen LogP contribution >= 0.6 is 0 Å². The van der Waals surface area contributed by atoms with Gasteiger partial charge >= 0.3 is 0 Å². The molecule has 4 heteroatoms. The Hall–Kier alpha value is -2.98. The van der Waals surface area contributed by atoms with Crippen LogP contribution in [0.2, 0.25) is 0 Å². The van der Waals surface area contributed by atoms with Crippen molar-refractivity contribution in [3.05, 3.63) is 71.8 Å². The van der Waals surface area contributed by atoms with Crippen molar-refractivity contribution in [1.29, 1.82) is 0 Å².